The topological polar surface area (TPSA) is 78.4 Å². The van der Waals surface area contributed by atoms with Crippen LogP contribution in [0.5, 0.6) is 0 Å². The molecule has 2 rings (SSSR count). The van der Waals surface area contributed by atoms with Crippen LogP contribution < -0.4 is 10.6 Å². The van der Waals surface area contributed by atoms with Gasteiger partial charge in [0, 0.05) is 6.54 Å². The van der Waals surface area contributed by atoms with Gasteiger partial charge in [0.05, 0.1) is 16.1 Å². The maximum Gasteiger partial charge on any atom is 0.319 e. The number of aryl methyl sites for hydroxylation is 1. The molecule has 102 valence electrons. The lowest BCUT2D eigenvalue weighted by Crippen LogP contribution is -2.36. The third kappa shape index (κ3) is 3.17. The summed E-state index contributed by atoms with van der Waals surface area (Å²) in [5, 5.41) is 14.6. The molecule has 5 nitrogen and oxygen atoms in total. The Morgan fingerprint density at radius 3 is 2.68 bits per heavy atom. The second-order valence-electron chi connectivity index (χ2n) is 4.88. The van der Waals surface area contributed by atoms with E-state index in [9.17, 15) is 9.59 Å². The first-order valence-electron chi connectivity index (χ1n) is 5.97. The summed E-state index contributed by atoms with van der Waals surface area (Å²) in [4.78, 5) is 22.7. The largest absolute Gasteiger partial charge is 0.481 e. The molecular formula is C13H15ClN2O3. The van der Waals surface area contributed by atoms with Crippen LogP contribution in [0.4, 0.5) is 10.5 Å². The van der Waals surface area contributed by atoms with Crippen LogP contribution in [-0.2, 0) is 4.79 Å². The Morgan fingerprint density at radius 1 is 1.42 bits per heavy atom. The summed E-state index contributed by atoms with van der Waals surface area (Å²) in [6.45, 7) is 2.03. The molecule has 6 heteroatoms. The highest BCUT2D eigenvalue weighted by atomic mass is 35.5. The SMILES string of the molecule is Cc1ccc(Cl)c(NC(=O)NCC2(C(=O)O)CC2)c1. The molecule has 0 spiro atoms. The van der Waals surface area contributed by atoms with Crippen LogP contribution in [0.1, 0.15) is 18.4 Å². The van der Waals surface area contributed by atoms with Crippen molar-refractivity contribution in [1.82, 2.24) is 5.32 Å². The Balaban J connectivity index is 1.91. The molecule has 0 unspecified atom stereocenters. The fraction of sp³-hybridized carbons (Fsp3) is 0.385. The quantitative estimate of drug-likeness (QED) is 0.794. The molecule has 0 aromatic heterocycles. The second kappa shape index (κ2) is 5.09. The van der Waals surface area contributed by atoms with Gasteiger partial charge in [-0.2, -0.15) is 0 Å². The fourth-order valence-corrected chi connectivity index (χ4v) is 1.93. The summed E-state index contributed by atoms with van der Waals surface area (Å²) < 4.78 is 0. The van der Waals surface area contributed by atoms with E-state index in [0.29, 0.717) is 23.6 Å². The zero-order valence-electron chi connectivity index (χ0n) is 10.5. The molecule has 1 aromatic rings. The van der Waals surface area contributed by atoms with E-state index in [2.05, 4.69) is 10.6 Å². The van der Waals surface area contributed by atoms with Crippen molar-refractivity contribution in [2.45, 2.75) is 19.8 Å². The standard InChI is InChI=1S/C13H15ClN2O3/c1-8-2-3-9(14)10(6-8)16-12(19)15-7-13(4-5-13)11(17)18/h2-3,6H,4-5,7H2,1H3,(H,17,18)(H2,15,16,19). The lowest BCUT2D eigenvalue weighted by atomic mass is 10.1. The smallest absolute Gasteiger partial charge is 0.319 e. The number of amides is 2. The van der Waals surface area contributed by atoms with Crippen molar-refractivity contribution in [2.75, 3.05) is 11.9 Å². The minimum atomic E-state index is -0.860. The minimum absolute atomic E-state index is 0.137. The van der Waals surface area contributed by atoms with Gasteiger partial charge in [-0.25, -0.2) is 4.79 Å². The number of carboxylic acid groups (broad SMARTS) is 1. The van der Waals surface area contributed by atoms with Gasteiger partial charge in [0.2, 0.25) is 0 Å². The number of anilines is 1. The first-order valence-corrected chi connectivity index (χ1v) is 6.35. The third-order valence-electron chi connectivity index (χ3n) is 3.26. The molecule has 1 fully saturated rings. The number of benzene rings is 1. The molecule has 1 aliphatic rings. The van der Waals surface area contributed by atoms with E-state index in [-0.39, 0.29) is 6.54 Å². The van der Waals surface area contributed by atoms with Crippen LogP contribution in [-0.4, -0.2) is 23.7 Å². The van der Waals surface area contributed by atoms with E-state index in [1.54, 1.807) is 12.1 Å². The van der Waals surface area contributed by atoms with E-state index in [1.807, 2.05) is 13.0 Å². The molecule has 0 bridgehead atoms. The van der Waals surface area contributed by atoms with Gasteiger partial charge in [-0.05, 0) is 37.5 Å². The van der Waals surface area contributed by atoms with E-state index in [4.69, 9.17) is 16.7 Å². The van der Waals surface area contributed by atoms with Gasteiger partial charge in [0.15, 0.2) is 0 Å². The Kier molecular flexibility index (Phi) is 3.66. The lowest BCUT2D eigenvalue weighted by molar-refractivity contribution is -0.143. The van der Waals surface area contributed by atoms with Crippen LogP contribution >= 0.6 is 11.6 Å². The number of halogens is 1. The summed E-state index contributed by atoms with van der Waals surface area (Å²) in [7, 11) is 0. The van der Waals surface area contributed by atoms with Crippen molar-refractivity contribution in [3.63, 3.8) is 0 Å². The van der Waals surface area contributed by atoms with Crippen molar-refractivity contribution >= 4 is 29.3 Å². The van der Waals surface area contributed by atoms with Crippen LogP contribution in [0, 0.1) is 12.3 Å². The molecule has 2 amide bonds. The molecule has 3 N–H and O–H groups in total. The summed E-state index contributed by atoms with van der Waals surface area (Å²) in [5.41, 5.74) is 0.719. The van der Waals surface area contributed by atoms with E-state index in [0.717, 1.165) is 5.56 Å². The predicted molar refractivity (Wildman–Crippen MR) is 72.5 cm³/mol. The molecular weight excluding hydrogens is 268 g/mol. The predicted octanol–water partition coefficient (Wildman–Crippen LogP) is 2.63. The number of rotatable bonds is 4. The Morgan fingerprint density at radius 2 is 2.11 bits per heavy atom. The van der Waals surface area contributed by atoms with Crippen molar-refractivity contribution < 1.29 is 14.7 Å². The second-order valence-corrected chi connectivity index (χ2v) is 5.28. The lowest BCUT2D eigenvalue weighted by Gasteiger charge is -2.13. The summed E-state index contributed by atoms with van der Waals surface area (Å²) in [6, 6.07) is 4.85. The van der Waals surface area contributed by atoms with Crippen molar-refractivity contribution in [2.24, 2.45) is 5.41 Å². The van der Waals surface area contributed by atoms with E-state index >= 15 is 0 Å². The number of hydrogen-bond donors (Lipinski definition) is 3. The number of carbonyl (C=O) groups excluding carboxylic acids is 1. The number of carboxylic acids is 1. The summed E-state index contributed by atoms with van der Waals surface area (Å²) >= 11 is 5.96. The number of urea groups is 1. The Labute approximate surface area is 116 Å². The highest BCUT2D eigenvalue weighted by Gasteiger charge is 2.50. The maximum absolute atomic E-state index is 11.7. The van der Waals surface area contributed by atoms with Gasteiger partial charge < -0.3 is 15.7 Å². The first-order chi connectivity index (χ1) is 8.93. The fourth-order valence-electron chi connectivity index (χ4n) is 1.77. The third-order valence-corrected chi connectivity index (χ3v) is 3.59. The van der Waals surface area contributed by atoms with Crippen LogP contribution in [0.2, 0.25) is 5.02 Å². The van der Waals surface area contributed by atoms with Crippen LogP contribution in [0.25, 0.3) is 0 Å². The normalized spacial score (nSPS) is 15.7. The zero-order chi connectivity index (χ0) is 14.0. The number of aliphatic carboxylic acids is 1. The Bertz CT molecular complexity index is 527. The van der Waals surface area contributed by atoms with Gasteiger partial charge >= 0.3 is 12.0 Å². The highest BCUT2D eigenvalue weighted by molar-refractivity contribution is 6.33. The van der Waals surface area contributed by atoms with E-state index < -0.39 is 17.4 Å². The molecule has 0 heterocycles. The highest BCUT2D eigenvalue weighted by Crippen LogP contribution is 2.45. The monoisotopic (exact) mass is 282 g/mol. The molecule has 1 aliphatic carbocycles. The molecule has 0 saturated heterocycles. The molecule has 0 aliphatic heterocycles. The first kappa shape index (κ1) is 13.7. The molecule has 0 radical (unpaired) electrons. The number of hydrogen-bond acceptors (Lipinski definition) is 2. The van der Waals surface area contributed by atoms with Gasteiger partial charge in [-0.15, -0.1) is 0 Å². The van der Waals surface area contributed by atoms with Gasteiger partial charge in [0.25, 0.3) is 0 Å². The van der Waals surface area contributed by atoms with Crippen LogP contribution in [0.3, 0.4) is 0 Å². The molecule has 1 saturated carbocycles. The maximum atomic E-state index is 11.7. The zero-order valence-corrected chi connectivity index (χ0v) is 11.3. The molecule has 0 atom stereocenters. The number of nitrogens with one attached hydrogen (secondary N) is 2. The summed E-state index contributed by atoms with van der Waals surface area (Å²) in [6.07, 6.45) is 1.21. The van der Waals surface area contributed by atoms with Gasteiger partial charge in [0.1, 0.15) is 0 Å². The Hall–Kier alpha value is -1.75. The average molecular weight is 283 g/mol. The van der Waals surface area contributed by atoms with Gasteiger partial charge in [-0.1, -0.05) is 17.7 Å². The minimum Gasteiger partial charge on any atom is -0.481 e. The number of carbonyl (C=O) groups is 2. The summed E-state index contributed by atoms with van der Waals surface area (Å²) in [5.74, 6) is -0.860. The van der Waals surface area contributed by atoms with Crippen molar-refractivity contribution in [3.8, 4) is 0 Å². The molecule has 1 aromatic carbocycles. The molecule has 19 heavy (non-hydrogen) atoms. The van der Waals surface area contributed by atoms with Crippen LogP contribution in [0.15, 0.2) is 18.2 Å². The van der Waals surface area contributed by atoms with Crippen molar-refractivity contribution in [1.29, 1.82) is 0 Å². The average Bonchev–Trinajstić information content (AvgIpc) is 3.12. The van der Waals surface area contributed by atoms with E-state index in [1.165, 1.54) is 0 Å². The van der Waals surface area contributed by atoms with Crippen molar-refractivity contribution in [3.05, 3.63) is 28.8 Å². The van der Waals surface area contributed by atoms with Gasteiger partial charge in [-0.3, -0.25) is 4.79 Å².